The fourth-order valence-electron chi connectivity index (χ4n) is 1.48. The topological polar surface area (TPSA) is 57.6 Å². The van der Waals surface area contributed by atoms with Crippen molar-refractivity contribution in [2.24, 2.45) is 0 Å². The Morgan fingerprint density at radius 2 is 2.00 bits per heavy atom. The van der Waals surface area contributed by atoms with Crippen LogP contribution in [0.2, 0.25) is 0 Å². The number of rotatable bonds is 6. The zero-order chi connectivity index (χ0) is 14.3. The maximum absolute atomic E-state index is 12.4. The predicted octanol–water partition coefficient (Wildman–Crippen LogP) is 2.04. The summed E-state index contributed by atoms with van der Waals surface area (Å²) in [6.07, 6.45) is 1.58. The van der Waals surface area contributed by atoms with Gasteiger partial charge in [-0.3, -0.25) is 0 Å². The molecule has 0 fully saturated rings. The van der Waals surface area contributed by atoms with Gasteiger partial charge >= 0.3 is 0 Å². The van der Waals surface area contributed by atoms with E-state index in [2.05, 4.69) is 21.7 Å². The Labute approximate surface area is 122 Å². The van der Waals surface area contributed by atoms with E-state index in [1.54, 1.807) is 30.3 Å². The number of aryl methyl sites for hydroxylation is 1. The lowest BCUT2D eigenvalue weighted by Gasteiger charge is -2.19. The molecule has 1 N–H and O–H groups in total. The Hall–Kier alpha value is -0.910. The van der Waals surface area contributed by atoms with Crippen LogP contribution in [-0.4, -0.2) is 37.5 Å². The van der Waals surface area contributed by atoms with Crippen LogP contribution in [0.5, 0.6) is 0 Å². The third-order valence-electron chi connectivity index (χ3n) is 2.48. The highest BCUT2D eigenvalue weighted by Gasteiger charge is 2.22. The van der Waals surface area contributed by atoms with E-state index in [9.17, 15) is 8.42 Å². The van der Waals surface area contributed by atoms with Crippen molar-refractivity contribution in [3.05, 3.63) is 46.6 Å². The molecule has 1 aromatic rings. The van der Waals surface area contributed by atoms with Gasteiger partial charge in [0.1, 0.15) is 0 Å². The molecule has 4 nitrogen and oxygen atoms in total. The van der Waals surface area contributed by atoms with E-state index in [1.165, 1.54) is 9.29 Å². The van der Waals surface area contributed by atoms with Crippen LogP contribution in [-0.2, 0) is 10.0 Å². The summed E-state index contributed by atoms with van der Waals surface area (Å²) in [5.41, 5.74) is 3.74. The molecule has 0 heterocycles. The number of sulfonamides is 1. The van der Waals surface area contributed by atoms with Crippen LogP contribution >= 0.6 is 15.9 Å². The summed E-state index contributed by atoms with van der Waals surface area (Å²) in [6, 6.07) is 6.63. The van der Waals surface area contributed by atoms with Gasteiger partial charge < -0.3 is 5.11 Å². The monoisotopic (exact) mass is 345 g/mol. The predicted molar refractivity (Wildman–Crippen MR) is 78.6 cm³/mol. The molecule has 0 radical (unpaired) electrons. The van der Waals surface area contributed by atoms with Gasteiger partial charge in [0.2, 0.25) is 10.0 Å². The molecule has 0 saturated heterocycles. The lowest BCUT2D eigenvalue weighted by atomic mass is 10.2. The van der Waals surface area contributed by atoms with E-state index in [-0.39, 0.29) is 24.6 Å². The first-order valence-electron chi connectivity index (χ1n) is 5.69. The van der Waals surface area contributed by atoms with Gasteiger partial charge in [-0.15, -0.1) is 5.73 Å². The molecule has 0 spiro atoms. The number of halogens is 1. The summed E-state index contributed by atoms with van der Waals surface area (Å²) in [6.45, 7) is 1.89. The van der Waals surface area contributed by atoms with Crippen LogP contribution < -0.4 is 0 Å². The van der Waals surface area contributed by atoms with Crippen molar-refractivity contribution in [3.8, 4) is 0 Å². The maximum Gasteiger partial charge on any atom is 0.243 e. The molecule has 1 rings (SSSR count). The van der Waals surface area contributed by atoms with Crippen molar-refractivity contribution in [2.45, 2.75) is 11.8 Å². The van der Waals surface area contributed by atoms with Crippen LogP contribution in [0, 0.1) is 6.92 Å². The zero-order valence-electron chi connectivity index (χ0n) is 10.6. The molecule has 1 aromatic carbocycles. The smallest absolute Gasteiger partial charge is 0.243 e. The lowest BCUT2D eigenvalue weighted by molar-refractivity contribution is 0.260. The highest BCUT2D eigenvalue weighted by molar-refractivity contribution is 9.11. The maximum atomic E-state index is 12.4. The first-order chi connectivity index (χ1) is 9.02. The van der Waals surface area contributed by atoms with Gasteiger partial charge in [-0.25, -0.2) is 8.42 Å². The van der Waals surface area contributed by atoms with E-state index in [4.69, 9.17) is 5.11 Å². The highest BCUT2D eigenvalue weighted by Crippen LogP contribution is 2.16. The Morgan fingerprint density at radius 1 is 1.37 bits per heavy atom. The summed E-state index contributed by atoms with van der Waals surface area (Å²) in [5.74, 6) is 0. The van der Waals surface area contributed by atoms with Crippen LogP contribution in [0.4, 0.5) is 0 Å². The molecule has 0 aliphatic heterocycles. The van der Waals surface area contributed by atoms with E-state index in [0.29, 0.717) is 0 Å². The number of hydrogen-bond donors (Lipinski definition) is 1. The summed E-state index contributed by atoms with van der Waals surface area (Å²) >= 11 is 3.06. The first-order valence-corrected chi connectivity index (χ1v) is 8.05. The van der Waals surface area contributed by atoms with E-state index in [1.807, 2.05) is 6.92 Å². The van der Waals surface area contributed by atoms with Crippen LogP contribution in [0.15, 0.2) is 46.0 Å². The number of aliphatic hydroxyl groups is 1. The van der Waals surface area contributed by atoms with Gasteiger partial charge in [-0.05, 0) is 25.1 Å². The summed E-state index contributed by atoms with van der Waals surface area (Å²) in [5, 5.41) is 8.99. The minimum Gasteiger partial charge on any atom is -0.395 e. The first kappa shape index (κ1) is 16.1. The fraction of sp³-hybridized carbons (Fsp3) is 0.308. The molecule has 19 heavy (non-hydrogen) atoms. The fourth-order valence-corrected chi connectivity index (χ4v) is 3.04. The van der Waals surface area contributed by atoms with Crippen molar-refractivity contribution in [3.63, 3.8) is 0 Å². The van der Waals surface area contributed by atoms with Crippen molar-refractivity contribution in [1.82, 2.24) is 4.31 Å². The van der Waals surface area contributed by atoms with Crippen LogP contribution in [0.25, 0.3) is 0 Å². The highest BCUT2D eigenvalue weighted by atomic mass is 79.9. The van der Waals surface area contributed by atoms with Crippen molar-refractivity contribution in [2.75, 3.05) is 19.7 Å². The summed E-state index contributed by atoms with van der Waals surface area (Å²) < 4.78 is 26.0. The van der Waals surface area contributed by atoms with Crippen molar-refractivity contribution < 1.29 is 13.5 Å². The van der Waals surface area contributed by atoms with E-state index < -0.39 is 10.0 Å². The molecular formula is C13H16BrNO3S. The number of nitrogens with zero attached hydrogens (tertiary/aromatic N) is 1. The third-order valence-corrected chi connectivity index (χ3v) is 4.63. The second kappa shape index (κ2) is 7.62. The van der Waals surface area contributed by atoms with Gasteiger partial charge in [0, 0.05) is 18.1 Å². The van der Waals surface area contributed by atoms with Crippen molar-refractivity contribution >= 4 is 26.0 Å². The second-order valence-corrected chi connectivity index (χ2v) is 6.28. The second-order valence-electron chi connectivity index (χ2n) is 3.88. The number of benzene rings is 1. The van der Waals surface area contributed by atoms with Gasteiger partial charge in [-0.1, -0.05) is 33.6 Å². The normalized spacial score (nSPS) is 11.2. The summed E-state index contributed by atoms with van der Waals surface area (Å²) in [7, 11) is -3.59. The van der Waals surface area contributed by atoms with Gasteiger partial charge in [0.05, 0.1) is 11.5 Å². The minimum absolute atomic E-state index is 0.0523. The molecule has 104 valence electrons. The molecule has 0 aliphatic carbocycles. The van der Waals surface area contributed by atoms with E-state index in [0.717, 1.165) is 5.56 Å². The summed E-state index contributed by atoms with van der Waals surface area (Å²) in [4.78, 5) is 1.74. The van der Waals surface area contributed by atoms with E-state index >= 15 is 0 Å². The van der Waals surface area contributed by atoms with Gasteiger partial charge in [0.15, 0.2) is 0 Å². The largest absolute Gasteiger partial charge is 0.395 e. The van der Waals surface area contributed by atoms with Crippen LogP contribution in [0.3, 0.4) is 0 Å². The number of aliphatic hydroxyl groups excluding tert-OH is 1. The average molecular weight is 346 g/mol. The van der Waals surface area contributed by atoms with Crippen molar-refractivity contribution in [1.29, 1.82) is 0 Å². The SMILES string of the molecule is Cc1ccc(S(=O)(=O)N(CC=C=CBr)CCO)cc1. The molecule has 0 aromatic heterocycles. The molecular weight excluding hydrogens is 330 g/mol. The number of hydrogen-bond acceptors (Lipinski definition) is 3. The Kier molecular flexibility index (Phi) is 6.48. The molecule has 0 bridgehead atoms. The quantitative estimate of drug-likeness (QED) is 0.802. The molecule has 0 unspecified atom stereocenters. The Morgan fingerprint density at radius 3 is 2.53 bits per heavy atom. The molecule has 0 saturated carbocycles. The minimum atomic E-state index is -3.59. The van der Waals surface area contributed by atoms with Gasteiger partial charge in [0.25, 0.3) is 0 Å². The van der Waals surface area contributed by atoms with Crippen LogP contribution in [0.1, 0.15) is 5.56 Å². The molecule has 0 atom stereocenters. The van der Waals surface area contributed by atoms with Gasteiger partial charge in [-0.2, -0.15) is 4.31 Å². The lowest BCUT2D eigenvalue weighted by Crippen LogP contribution is -2.33. The standard InChI is InChI=1S/C13H16BrNO3S/c1-12-4-6-13(7-5-12)19(17,18)15(10-11-16)9-3-2-8-14/h3-8,16H,9-11H2,1H3. The molecule has 0 aliphatic rings. The zero-order valence-corrected chi connectivity index (χ0v) is 13.0. The molecule has 6 heteroatoms. The molecule has 0 amide bonds. The average Bonchev–Trinajstić information content (AvgIpc) is 2.38. The Balaban J connectivity index is 3.05. The Bertz CT molecular complexity index is 560. The third kappa shape index (κ3) is 4.60.